The van der Waals surface area contributed by atoms with Crippen LogP contribution in [0.3, 0.4) is 0 Å². The predicted octanol–water partition coefficient (Wildman–Crippen LogP) is 4.13. The van der Waals surface area contributed by atoms with Crippen molar-refractivity contribution in [2.45, 2.75) is 46.6 Å². The average molecular weight is 441 g/mol. The summed E-state index contributed by atoms with van der Waals surface area (Å²) in [7, 11) is 1.75. The van der Waals surface area contributed by atoms with Crippen LogP contribution in [-0.2, 0) is 17.8 Å². The molecule has 0 aliphatic rings. The van der Waals surface area contributed by atoms with E-state index < -0.39 is 0 Å². The highest BCUT2D eigenvalue weighted by Crippen LogP contribution is 2.28. The highest BCUT2D eigenvalue weighted by molar-refractivity contribution is 5.90. The van der Waals surface area contributed by atoms with Crippen LogP contribution in [0.4, 0.5) is 5.69 Å². The number of guanidine groups is 1. The van der Waals surface area contributed by atoms with Crippen LogP contribution in [0, 0.1) is 0 Å². The van der Waals surface area contributed by atoms with Crippen LogP contribution in [0.2, 0.25) is 0 Å². The zero-order valence-corrected chi connectivity index (χ0v) is 19.7. The van der Waals surface area contributed by atoms with Gasteiger partial charge in [0.05, 0.1) is 13.2 Å². The summed E-state index contributed by atoms with van der Waals surface area (Å²) in [5.41, 5.74) is 3.04. The Morgan fingerprint density at radius 3 is 2.44 bits per heavy atom. The number of amides is 1. The Bertz CT molecular complexity index is 883. The lowest BCUT2D eigenvalue weighted by atomic mass is 10.1. The molecule has 0 aliphatic carbocycles. The van der Waals surface area contributed by atoms with Crippen molar-refractivity contribution in [1.29, 1.82) is 0 Å². The van der Waals surface area contributed by atoms with Crippen molar-refractivity contribution >= 4 is 17.6 Å². The Hall–Kier alpha value is -3.22. The summed E-state index contributed by atoms with van der Waals surface area (Å²) < 4.78 is 11.3. The van der Waals surface area contributed by atoms with Gasteiger partial charge in [-0.05, 0) is 62.1 Å². The molecule has 174 valence electrons. The molecule has 0 aliphatic heterocycles. The lowest BCUT2D eigenvalue weighted by Crippen LogP contribution is -2.37. The minimum atomic E-state index is 0.0388. The van der Waals surface area contributed by atoms with Crippen molar-refractivity contribution < 1.29 is 14.3 Å². The quantitative estimate of drug-likeness (QED) is 0.341. The third-order valence-corrected chi connectivity index (χ3v) is 4.69. The molecule has 3 N–H and O–H groups in total. The van der Waals surface area contributed by atoms with Crippen LogP contribution in [0.1, 0.15) is 44.7 Å². The molecular formula is C25H36N4O3. The van der Waals surface area contributed by atoms with E-state index in [-0.39, 0.29) is 5.91 Å². The smallest absolute Gasteiger partial charge is 0.224 e. The van der Waals surface area contributed by atoms with E-state index in [9.17, 15) is 4.79 Å². The van der Waals surface area contributed by atoms with Gasteiger partial charge in [0.15, 0.2) is 17.5 Å². The topological polar surface area (TPSA) is 84.0 Å². The first-order valence-corrected chi connectivity index (χ1v) is 11.3. The standard InChI is InChI=1S/C25H36N4O3/c1-5-9-24(30)29-21-11-8-10-20(16-21)18-28-25(26-4)27-15-14-19-12-13-22(31-6-2)23(17-19)32-7-3/h8,10-13,16-17H,5-7,9,14-15,18H2,1-4H3,(H,29,30)(H2,26,27,28). The fourth-order valence-corrected chi connectivity index (χ4v) is 3.19. The number of carbonyl (C=O) groups excluding carboxylic acids is 1. The van der Waals surface area contributed by atoms with Gasteiger partial charge in [0.25, 0.3) is 0 Å². The number of aliphatic imine (C=N–C) groups is 1. The zero-order valence-electron chi connectivity index (χ0n) is 19.7. The first kappa shape index (κ1) is 25.0. The van der Waals surface area contributed by atoms with Crippen LogP contribution in [0.5, 0.6) is 11.5 Å². The van der Waals surface area contributed by atoms with Crippen molar-refractivity contribution in [2.24, 2.45) is 4.99 Å². The van der Waals surface area contributed by atoms with Gasteiger partial charge in [0.1, 0.15) is 0 Å². The Balaban J connectivity index is 1.85. The third kappa shape index (κ3) is 8.49. The Labute approximate surface area is 191 Å². The Morgan fingerprint density at radius 1 is 0.938 bits per heavy atom. The van der Waals surface area contributed by atoms with Gasteiger partial charge in [0, 0.05) is 32.2 Å². The summed E-state index contributed by atoms with van der Waals surface area (Å²) in [5.74, 6) is 2.31. The number of anilines is 1. The maximum Gasteiger partial charge on any atom is 0.224 e. The number of nitrogens with zero attached hydrogens (tertiary/aromatic N) is 1. The molecule has 0 bridgehead atoms. The van der Waals surface area contributed by atoms with E-state index in [4.69, 9.17) is 9.47 Å². The van der Waals surface area contributed by atoms with Gasteiger partial charge >= 0.3 is 0 Å². The molecule has 2 aromatic rings. The molecule has 0 spiro atoms. The van der Waals surface area contributed by atoms with E-state index in [1.165, 1.54) is 0 Å². The molecule has 0 atom stereocenters. The van der Waals surface area contributed by atoms with E-state index in [0.29, 0.717) is 26.2 Å². The highest BCUT2D eigenvalue weighted by atomic mass is 16.5. The van der Waals surface area contributed by atoms with Crippen LogP contribution >= 0.6 is 0 Å². The third-order valence-electron chi connectivity index (χ3n) is 4.69. The number of nitrogens with one attached hydrogen (secondary N) is 3. The van der Waals surface area contributed by atoms with E-state index in [2.05, 4.69) is 27.0 Å². The summed E-state index contributed by atoms with van der Waals surface area (Å²) in [6.07, 6.45) is 2.18. The number of ether oxygens (including phenoxy) is 2. The van der Waals surface area contributed by atoms with Gasteiger partial charge in [-0.2, -0.15) is 0 Å². The van der Waals surface area contributed by atoms with E-state index in [1.807, 2.05) is 57.2 Å². The highest BCUT2D eigenvalue weighted by Gasteiger charge is 2.07. The van der Waals surface area contributed by atoms with Gasteiger partial charge in [-0.15, -0.1) is 0 Å². The normalized spacial score (nSPS) is 11.1. The molecule has 32 heavy (non-hydrogen) atoms. The molecule has 0 fully saturated rings. The summed E-state index contributed by atoms with van der Waals surface area (Å²) in [4.78, 5) is 16.1. The molecule has 0 heterocycles. The molecule has 2 aromatic carbocycles. The van der Waals surface area contributed by atoms with Crippen LogP contribution in [0.15, 0.2) is 47.5 Å². The first-order chi connectivity index (χ1) is 15.6. The average Bonchev–Trinajstić information content (AvgIpc) is 2.78. The predicted molar refractivity (Wildman–Crippen MR) is 131 cm³/mol. The molecule has 7 heteroatoms. The second-order valence-electron chi connectivity index (χ2n) is 7.25. The molecular weight excluding hydrogens is 404 g/mol. The summed E-state index contributed by atoms with van der Waals surface area (Å²) in [5, 5.41) is 9.59. The first-order valence-electron chi connectivity index (χ1n) is 11.3. The van der Waals surface area contributed by atoms with Gasteiger partial charge in [-0.25, -0.2) is 0 Å². The summed E-state index contributed by atoms with van der Waals surface area (Å²) in [6, 6.07) is 13.9. The maximum absolute atomic E-state index is 11.8. The number of rotatable bonds is 12. The monoisotopic (exact) mass is 440 g/mol. The van der Waals surface area contributed by atoms with Crippen LogP contribution < -0.4 is 25.4 Å². The lowest BCUT2D eigenvalue weighted by Gasteiger charge is -2.14. The molecule has 0 unspecified atom stereocenters. The molecule has 0 radical (unpaired) electrons. The van der Waals surface area contributed by atoms with Crippen molar-refractivity contribution in [3.63, 3.8) is 0 Å². The molecule has 7 nitrogen and oxygen atoms in total. The van der Waals surface area contributed by atoms with E-state index in [0.717, 1.165) is 53.7 Å². The molecule has 0 saturated heterocycles. The van der Waals surface area contributed by atoms with Gasteiger partial charge < -0.3 is 25.4 Å². The van der Waals surface area contributed by atoms with Crippen LogP contribution in [0.25, 0.3) is 0 Å². The fraction of sp³-hybridized carbons (Fsp3) is 0.440. The van der Waals surface area contributed by atoms with Crippen molar-refractivity contribution in [3.05, 3.63) is 53.6 Å². The largest absolute Gasteiger partial charge is 0.490 e. The number of benzene rings is 2. The number of hydrogen-bond donors (Lipinski definition) is 3. The van der Waals surface area contributed by atoms with Gasteiger partial charge in [-0.3, -0.25) is 9.79 Å². The molecule has 0 saturated carbocycles. The summed E-state index contributed by atoms with van der Waals surface area (Å²) in [6.45, 7) is 8.46. The van der Waals surface area contributed by atoms with Gasteiger partial charge in [0.2, 0.25) is 5.91 Å². The minimum Gasteiger partial charge on any atom is -0.490 e. The van der Waals surface area contributed by atoms with Crippen molar-refractivity contribution in [3.8, 4) is 11.5 Å². The zero-order chi connectivity index (χ0) is 23.2. The number of hydrogen-bond acceptors (Lipinski definition) is 4. The van der Waals surface area contributed by atoms with E-state index >= 15 is 0 Å². The fourth-order valence-electron chi connectivity index (χ4n) is 3.19. The van der Waals surface area contributed by atoms with E-state index in [1.54, 1.807) is 7.05 Å². The summed E-state index contributed by atoms with van der Waals surface area (Å²) >= 11 is 0. The van der Waals surface area contributed by atoms with Crippen molar-refractivity contribution in [1.82, 2.24) is 10.6 Å². The molecule has 1 amide bonds. The second kappa shape index (κ2) is 14.0. The molecule has 2 rings (SSSR count). The second-order valence-corrected chi connectivity index (χ2v) is 7.25. The SMILES string of the molecule is CCCC(=O)Nc1cccc(CNC(=NC)NCCc2ccc(OCC)c(OCC)c2)c1. The maximum atomic E-state index is 11.8. The van der Waals surface area contributed by atoms with Crippen LogP contribution in [-0.4, -0.2) is 38.7 Å². The van der Waals surface area contributed by atoms with Gasteiger partial charge in [-0.1, -0.05) is 25.1 Å². The minimum absolute atomic E-state index is 0.0388. The lowest BCUT2D eigenvalue weighted by molar-refractivity contribution is -0.116. The number of carbonyl (C=O) groups is 1. The Kier molecular flexibility index (Phi) is 10.9. The Morgan fingerprint density at radius 2 is 1.72 bits per heavy atom. The van der Waals surface area contributed by atoms with Crippen molar-refractivity contribution in [2.75, 3.05) is 32.1 Å². The molecule has 0 aromatic heterocycles.